The minimum atomic E-state index is 0.281. The first-order valence-electron chi connectivity index (χ1n) is 6.14. The Hall–Kier alpha value is -0.550. The zero-order chi connectivity index (χ0) is 11.0. The number of fused-ring (bicyclic) bond motifs is 1. The van der Waals surface area contributed by atoms with Crippen LogP contribution in [0, 0.1) is 0 Å². The summed E-state index contributed by atoms with van der Waals surface area (Å²) in [6.45, 7) is 1.01. The first kappa shape index (κ1) is 10.6. The van der Waals surface area contributed by atoms with Crippen molar-refractivity contribution in [3.05, 3.63) is 11.6 Å². The van der Waals surface area contributed by atoms with Crippen LogP contribution in [-0.4, -0.2) is 26.6 Å². The number of nitrogens with two attached hydrogens (primary N) is 1. The molecule has 88 valence electrons. The zero-order valence-electron chi connectivity index (χ0n) is 9.43. The third-order valence-corrected chi connectivity index (χ3v) is 4.87. The molecule has 2 N–H and O–H groups in total. The number of aromatic nitrogens is 3. The van der Waals surface area contributed by atoms with Gasteiger partial charge in [0.25, 0.3) is 0 Å². The van der Waals surface area contributed by atoms with E-state index in [0.717, 1.165) is 25.2 Å². The summed E-state index contributed by atoms with van der Waals surface area (Å²) >= 11 is 2.04. The summed E-state index contributed by atoms with van der Waals surface area (Å²) in [5.41, 5.74) is 5.95. The number of nitrogens with zero attached hydrogens (tertiary/aromatic N) is 3. The molecule has 1 saturated heterocycles. The smallest absolute Gasteiger partial charge is 0.146 e. The van der Waals surface area contributed by atoms with Gasteiger partial charge in [-0.2, -0.15) is 11.8 Å². The molecular formula is C11H18N4S. The van der Waals surface area contributed by atoms with E-state index in [2.05, 4.69) is 14.8 Å². The second-order valence-corrected chi connectivity index (χ2v) is 6.04. The summed E-state index contributed by atoms with van der Waals surface area (Å²) < 4.78 is 2.31. The Morgan fingerprint density at radius 1 is 1.25 bits per heavy atom. The summed E-state index contributed by atoms with van der Waals surface area (Å²) in [6, 6.07) is 0.281. The Bertz CT molecular complexity index is 370. The Morgan fingerprint density at radius 3 is 3.00 bits per heavy atom. The molecule has 2 aliphatic heterocycles. The van der Waals surface area contributed by atoms with Crippen molar-refractivity contribution in [2.24, 2.45) is 5.73 Å². The van der Waals surface area contributed by atoms with Gasteiger partial charge >= 0.3 is 0 Å². The molecule has 4 nitrogen and oxygen atoms in total. The Morgan fingerprint density at radius 2 is 2.19 bits per heavy atom. The molecule has 0 aromatic carbocycles. The highest BCUT2D eigenvalue weighted by Crippen LogP contribution is 2.38. The van der Waals surface area contributed by atoms with Crippen molar-refractivity contribution >= 4 is 11.8 Å². The molecule has 2 unspecified atom stereocenters. The van der Waals surface area contributed by atoms with Crippen molar-refractivity contribution in [1.29, 1.82) is 0 Å². The van der Waals surface area contributed by atoms with Crippen LogP contribution in [0.2, 0.25) is 0 Å². The largest absolute Gasteiger partial charge is 0.327 e. The number of rotatable bonds is 1. The van der Waals surface area contributed by atoms with Crippen molar-refractivity contribution in [2.45, 2.75) is 49.9 Å². The molecule has 2 aliphatic rings. The van der Waals surface area contributed by atoms with Crippen molar-refractivity contribution in [3.8, 4) is 0 Å². The van der Waals surface area contributed by atoms with Gasteiger partial charge in [0, 0.05) is 19.0 Å². The Kier molecular flexibility index (Phi) is 2.90. The molecule has 2 atom stereocenters. The van der Waals surface area contributed by atoms with E-state index >= 15 is 0 Å². The fourth-order valence-corrected chi connectivity index (χ4v) is 3.87. The molecule has 0 bridgehead atoms. The molecule has 0 amide bonds. The van der Waals surface area contributed by atoms with E-state index in [1.165, 1.54) is 30.8 Å². The maximum atomic E-state index is 5.95. The van der Waals surface area contributed by atoms with Crippen molar-refractivity contribution in [3.63, 3.8) is 0 Å². The van der Waals surface area contributed by atoms with Crippen LogP contribution in [0.3, 0.4) is 0 Å². The molecule has 0 radical (unpaired) electrons. The lowest BCUT2D eigenvalue weighted by atomic mass is 10.1. The molecule has 0 spiro atoms. The molecule has 16 heavy (non-hydrogen) atoms. The normalized spacial score (nSPS) is 30.1. The molecule has 3 rings (SSSR count). The van der Waals surface area contributed by atoms with Gasteiger partial charge in [0.1, 0.15) is 11.6 Å². The van der Waals surface area contributed by atoms with E-state index in [0.29, 0.717) is 5.25 Å². The molecule has 3 heterocycles. The second-order valence-electron chi connectivity index (χ2n) is 4.73. The second kappa shape index (κ2) is 4.37. The lowest BCUT2D eigenvalue weighted by Crippen LogP contribution is -2.31. The monoisotopic (exact) mass is 238 g/mol. The predicted molar refractivity (Wildman–Crippen MR) is 65.4 cm³/mol. The summed E-state index contributed by atoms with van der Waals surface area (Å²) in [7, 11) is 0. The van der Waals surface area contributed by atoms with Crippen molar-refractivity contribution in [1.82, 2.24) is 14.8 Å². The highest BCUT2D eigenvalue weighted by Gasteiger charge is 2.26. The molecule has 0 saturated carbocycles. The van der Waals surface area contributed by atoms with Gasteiger partial charge in [-0.25, -0.2) is 0 Å². The van der Waals surface area contributed by atoms with E-state index < -0.39 is 0 Å². The van der Waals surface area contributed by atoms with Crippen molar-refractivity contribution < 1.29 is 0 Å². The Labute approximate surface area is 100.0 Å². The molecule has 1 aromatic heterocycles. The fourth-order valence-electron chi connectivity index (χ4n) is 2.56. The summed E-state index contributed by atoms with van der Waals surface area (Å²) in [5, 5.41) is 9.27. The molecule has 5 heteroatoms. The van der Waals surface area contributed by atoms with Crippen LogP contribution < -0.4 is 5.73 Å². The van der Waals surface area contributed by atoms with Crippen LogP contribution in [-0.2, 0) is 13.0 Å². The van der Waals surface area contributed by atoms with Gasteiger partial charge in [0.15, 0.2) is 0 Å². The predicted octanol–water partition coefficient (Wildman–Crippen LogP) is 1.51. The minimum Gasteiger partial charge on any atom is -0.327 e. The first-order valence-corrected chi connectivity index (χ1v) is 7.18. The van der Waals surface area contributed by atoms with Gasteiger partial charge in [0.05, 0.1) is 5.25 Å². The average Bonchev–Trinajstić information content (AvgIpc) is 2.73. The van der Waals surface area contributed by atoms with Crippen LogP contribution in [0.15, 0.2) is 0 Å². The van der Waals surface area contributed by atoms with E-state index in [9.17, 15) is 0 Å². The number of hydrogen-bond acceptors (Lipinski definition) is 4. The van der Waals surface area contributed by atoms with Crippen LogP contribution >= 0.6 is 11.8 Å². The van der Waals surface area contributed by atoms with Gasteiger partial charge in [-0.15, -0.1) is 10.2 Å². The SMILES string of the molecule is NC1CCn2c(nnc2C2CCCCS2)C1. The van der Waals surface area contributed by atoms with Crippen LogP contribution in [0.4, 0.5) is 0 Å². The van der Waals surface area contributed by atoms with E-state index in [-0.39, 0.29) is 6.04 Å². The lowest BCUT2D eigenvalue weighted by Gasteiger charge is -2.24. The van der Waals surface area contributed by atoms with E-state index in [1.54, 1.807) is 0 Å². The fraction of sp³-hybridized carbons (Fsp3) is 0.818. The molecule has 0 aliphatic carbocycles. The highest BCUT2D eigenvalue weighted by molar-refractivity contribution is 7.99. The third kappa shape index (κ3) is 1.86. The van der Waals surface area contributed by atoms with E-state index in [1.807, 2.05) is 11.8 Å². The lowest BCUT2D eigenvalue weighted by molar-refractivity contribution is 0.450. The van der Waals surface area contributed by atoms with Crippen LogP contribution in [0.25, 0.3) is 0 Å². The highest BCUT2D eigenvalue weighted by atomic mass is 32.2. The summed E-state index contributed by atoms with van der Waals surface area (Å²) in [4.78, 5) is 0. The van der Waals surface area contributed by atoms with E-state index in [4.69, 9.17) is 5.73 Å². The third-order valence-electron chi connectivity index (χ3n) is 3.49. The van der Waals surface area contributed by atoms with Gasteiger partial charge in [-0.05, 0) is 25.0 Å². The summed E-state index contributed by atoms with van der Waals surface area (Å²) in [5.74, 6) is 3.57. The topological polar surface area (TPSA) is 56.7 Å². The zero-order valence-corrected chi connectivity index (χ0v) is 10.2. The van der Waals surface area contributed by atoms with Crippen LogP contribution in [0.1, 0.15) is 42.6 Å². The van der Waals surface area contributed by atoms with Gasteiger partial charge < -0.3 is 10.3 Å². The van der Waals surface area contributed by atoms with Gasteiger partial charge in [0.2, 0.25) is 0 Å². The molecule has 1 fully saturated rings. The Balaban J connectivity index is 1.85. The number of hydrogen-bond donors (Lipinski definition) is 1. The maximum absolute atomic E-state index is 5.95. The van der Waals surface area contributed by atoms with Gasteiger partial charge in [-0.3, -0.25) is 0 Å². The first-order chi connectivity index (χ1) is 7.84. The van der Waals surface area contributed by atoms with Crippen LogP contribution in [0.5, 0.6) is 0 Å². The number of thioether (sulfide) groups is 1. The molecular weight excluding hydrogens is 220 g/mol. The molecule has 1 aromatic rings. The van der Waals surface area contributed by atoms with Gasteiger partial charge in [-0.1, -0.05) is 6.42 Å². The quantitative estimate of drug-likeness (QED) is 0.805. The minimum absolute atomic E-state index is 0.281. The summed E-state index contributed by atoms with van der Waals surface area (Å²) in [6.07, 6.45) is 5.90. The standard InChI is InChI=1S/C11H18N4S/c12-8-4-5-15-10(7-8)13-14-11(15)9-3-1-2-6-16-9/h8-9H,1-7,12H2. The maximum Gasteiger partial charge on any atom is 0.146 e. The van der Waals surface area contributed by atoms with Crippen molar-refractivity contribution in [2.75, 3.05) is 5.75 Å². The average molecular weight is 238 g/mol.